The van der Waals surface area contributed by atoms with Crippen molar-refractivity contribution in [2.45, 2.75) is 13.3 Å². The van der Waals surface area contributed by atoms with E-state index in [1.54, 1.807) is 42.5 Å². The fourth-order valence-electron chi connectivity index (χ4n) is 2.61. The topological polar surface area (TPSA) is 67.4 Å². The number of amides is 2. The number of hydrogen-bond acceptors (Lipinski definition) is 3. The first kappa shape index (κ1) is 19.2. The minimum atomic E-state index is -0.262. The number of para-hydroxylation sites is 1. The van der Waals surface area contributed by atoms with E-state index in [-0.39, 0.29) is 11.8 Å². The lowest BCUT2D eigenvalue weighted by Crippen LogP contribution is -2.14. The first-order valence-electron chi connectivity index (χ1n) is 9.16. The van der Waals surface area contributed by atoms with Gasteiger partial charge in [0.2, 0.25) is 0 Å². The lowest BCUT2D eigenvalue weighted by atomic mass is 10.1. The second-order valence-corrected chi connectivity index (χ2v) is 6.23. The number of ether oxygens (including phenoxy) is 1. The molecule has 0 spiro atoms. The first-order chi connectivity index (χ1) is 13.7. The predicted octanol–water partition coefficient (Wildman–Crippen LogP) is 4.98. The molecule has 5 heteroatoms. The summed E-state index contributed by atoms with van der Waals surface area (Å²) in [5.41, 5.74) is 2.21. The van der Waals surface area contributed by atoms with Crippen LogP contribution in [0, 0.1) is 0 Å². The van der Waals surface area contributed by atoms with Gasteiger partial charge in [-0.05, 0) is 55.0 Å². The van der Waals surface area contributed by atoms with Crippen LogP contribution in [-0.4, -0.2) is 18.4 Å². The van der Waals surface area contributed by atoms with Crippen molar-refractivity contribution in [2.75, 3.05) is 17.2 Å². The van der Waals surface area contributed by atoms with Crippen LogP contribution in [-0.2, 0) is 0 Å². The Morgan fingerprint density at radius 3 is 2.07 bits per heavy atom. The van der Waals surface area contributed by atoms with E-state index >= 15 is 0 Å². The van der Waals surface area contributed by atoms with E-state index in [0.29, 0.717) is 34.9 Å². The molecule has 0 aromatic heterocycles. The molecule has 142 valence electrons. The van der Waals surface area contributed by atoms with Crippen molar-refractivity contribution < 1.29 is 14.3 Å². The van der Waals surface area contributed by atoms with Gasteiger partial charge in [-0.2, -0.15) is 0 Å². The minimum Gasteiger partial charge on any atom is -0.494 e. The lowest BCUT2D eigenvalue weighted by Gasteiger charge is -2.10. The average molecular weight is 374 g/mol. The largest absolute Gasteiger partial charge is 0.494 e. The summed E-state index contributed by atoms with van der Waals surface area (Å²) in [7, 11) is 0. The normalized spacial score (nSPS) is 10.2. The smallest absolute Gasteiger partial charge is 0.255 e. The fourth-order valence-corrected chi connectivity index (χ4v) is 2.61. The SMILES string of the molecule is CCCOc1cccc(C(=O)Nc2cccc(C(=O)Nc3ccccc3)c2)c1. The highest BCUT2D eigenvalue weighted by Gasteiger charge is 2.10. The highest BCUT2D eigenvalue weighted by molar-refractivity contribution is 6.07. The third-order valence-electron chi connectivity index (χ3n) is 3.98. The Labute approximate surface area is 164 Å². The van der Waals surface area contributed by atoms with Crippen molar-refractivity contribution in [3.63, 3.8) is 0 Å². The van der Waals surface area contributed by atoms with Crippen LogP contribution >= 0.6 is 0 Å². The van der Waals surface area contributed by atoms with E-state index in [2.05, 4.69) is 10.6 Å². The Kier molecular flexibility index (Phi) is 6.41. The molecule has 3 aromatic carbocycles. The molecule has 0 bridgehead atoms. The molecule has 0 saturated carbocycles. The molecule has 0 atom stereocenters. The Bertz CT molecular complexity index is 955. The number of nitrogens with one attached hydrogen (secondary N) is 2. The number of benzene rings is 3. The summed E-state index contributed by atoms with van der Waals surface area (Å²) in [5.74, 6) is 0.158. The number of carbonyl (C=O) groups excluding carboxylic acids is 2. The van der Waals surface area contributed by atoms with E-state index in [4.69, 9.17) is 4.74 Å². The molecule has 0 unspecified atom stereocenters. The Hall–Kier alpha value is -3.60. The number of anilines is 2. The summed E-state index contributed by atoms with van der Waals surface area (Å²) in [6.45, 7) is 2.63. The van der Waals surface area contributed by atoms with E-state index in [0.717, 1.165) is 6.42 Å². The summed E-state index contributed by atoms with van der Waals surface area (Å²) in [6, 6.07) is 23.1. The molecule has 0 aliphatic carbocycles. The maximum atomic E-state index is 12.5. The van der Waals surface area contributed by atoms with Gasteiger partial charge in [-0.3, -0.25) is 9.59 Å². The zero-order chi connectivity index (χ0) is 19.8. The van der Waals surface area contributed by atoms with Gasteiger partial charge in [0.25, 0.3) is 11.8 Å². The van der Waals surface area contributed by atoms with Gasteiger partial charge in [0, 0.05) is 22.5 Å². The number of hydrogen-bond donors (Lipinski definition) is 2. The van der Waals surface area contributed by atoms with Crippen molar-refractivity contribution in [2.24, 2.45) is 0 Å². The predicted molar refractivity (Wildman–Crippen MR) is 111 cm³/mol. The Morgan fingerprint density at radius 1 is 0.750 bits per heavy atom. The summed E-state index contributed by atoms with van der Waals surface area (Å²) < 4.78 is 5.57. The molecule has 5 nitrogen and oxygen atoms in total. The van der Waals surface area contributed by atoms with Crippen molar-refractivity contribution in [3.8, 4) is 5.75 Å². The molecule has 3 aromatic rings. The minimum absolute atomic E-state index is 0.239. The van der Waals surface area contributed by atoms with Crippen LogP contribution in [0.4, 0.5) is 11.4 Å². The molecule has 0 fully saturated rings. The van der Waals surface area contributed by atoms with Gasteiger partial charge < -0.3 is 15.4 Å². The highest BCUT2D eigenvalue weighted by atomic mass is 16.5. The first-order valence-corrected chi connectivity index (χ1v) is 9.16. The van der Waals surface area contributed by atoms with Crippen molar-refractivity contribution in [1.82, 2.24) is 0 Å². The van der Waals surface area contributed by atoms with Gasteiger partial charge in [0.05, 0.1) is 6.61 Å². The lowest BCUT2D eigenvalue weighted by molar-refractivity contribution is 0.101. The third kappa shape index (κ3) is 5.20. The highest BCUT2D eigenvalue weighted by Crippen LogP contribution is 2.17. The van der Waals surface area contributed by atoms with Crippen molar-refractivity contribution in [3.05, 3.63) is 90.0 Å². The Morgan fingerprint density at radius 2 is 1.36 bits per heavy atom. The Balaban J connectivity index is 1.68. The maximum Gasteiger partial charge on any atom is 0.255 e. The van der Waals surface area contributed by atoms with Crippen LogP contribution in [0.5, 0.6) is 5.75 Å². The molecule has 2 amide bonds. The van der Waals surface area contributed by atoms with Crippen molar-refractivity contribution >= 4 is 23.2 Å². The van der Waals surface area contributed by atoms with Gasteiger partial charge >= 0.3 is 0 Å². The standard InChI is InChI=1S/C23H22N2O3/c1-2-14-28-21-13-7-9-18(16-21)23(27)25-20-12-6-8-17(15-20)22(26)24-19-10-4-3-5-11-19/h3-13,15-16H,2,14H2,1H3,(H,24,26)(H,25,27). The zero-order valence-corrected chi connectivity index (χ0v) is 15.6. The van der Waals surface area contributed by atoms with Crippen molar-refractivity contribution in [1.29, 1.82) is 0 Å². The molecule has 0 heterocycles. The van der Waals surface area contributed by atoms with Crippen LogP contribution in [0.15, 0.2) is 78.9 Å². The van der Waals surface area contributed by atoms with E-state index < -0.39 is 0 Å². The number of carbonyl (C=O) groups is 2. The van der Waals surface area contributed by atoms with Gasteiger partial charge in [0.1, 0.15) is 5.75 Å². The fraction of sp³-hybridized carbons (Fsp3) is 0.130. The van der Waals surface area contributed by atoms with E-state index in [1.165, 1.54) is 0 Å². The molecular formula is C23H22N2O3. The van der Waals surface area contributed by atoms with Crippen LogP contribution in [0.25, 0.3) is 0 Å². The van der Waals surface area contributed by atoms with Gasteiger partial charge in [-0.15, -0.1) is 0 Å². The van der Waals surface area contributed by atoms with Crippen LogP contribution in [0.2, 0.25) is 0 Å². The molecule has 0 aliphatic rings. The quantitative estimate of drug-likeness (QED) is 0.613. The monoisotopic (exact) mass is 374 g/mol. The number of rotatable bonds is 7. The molecule has 2 N–H and O–H groups in total. The zero-order valence-electron chi connectivity index (χ0n) is 15.6. The van der Waals surface area contributed by atoms with Gasteiger partial charge in [-0.1, -0.05) is 37.3 Å². The second kappa shape index (κ2) is 9.37. The molecular weight excluding hydrogens is 352 g/mol. The molecule has 3 rings (SSSR count). The molecule has 0 aliphatic heterocycles. The van der Waals surface area contributed by atoms with Crippen LogP contribution in [0.1, 0.15) is 34.1 Å². The van der Waals surface area contributed by atoms with Crippen LogP contribution < -0.4 is 15.4 Å². The maximum absolute atomic E-state index is 12.5. The molecule has 28 heavy (non-hydrogen) atoms. The van der Waals surface area contributed by atoms with Gasteiger partial charge in [-0.25, -0.2) is 0 Å². The summed E-state index contributed by atoms with van der Waals surface area (Å²) in [6.07, 6.45) is 0.897. The summed E-state index contributed by atoms with van der Waals surface area (Å²) in [5, 5.41) is 5.66. The van der Waals surface area contributed by atoms with E-state index in [9.17, 15) is 9.59 Å². The second-order valence-electron chi connectivity index (χ2n) is 6.23. The summed E-state index contributed by atoms with van der Waals surface area (Å²) >= 11 is 0. The molecule has 0 saturated heterocycles. The van der Waals surface area contributed by atoms with Gasteiger partial charge in [0.15, 0.2) is 0 Å². The van der Waals surface area contributed by atoms with Crippen LogP contribution in [0.3, 0.4) is 0 Å². The third-order valence-corrected chi connectivity index (χ3v) is 3.98. The molecule has 0 radical (unpaired) electrons. The van der Waals surface area contributed by atoms with E-state index in [1.807, 2.05) is 43.3 Å². The average Bonchev–Trinajstić information content (AvgIpc) is 2.73. The summed E-state index contributed by atoms with van der Waals surface area (Å²) in [4.78, 5) is 25.0.